The molecule has 0 aromatic heterocycles. The van der Waals surface area contributed by atoms with Crippen LogP contribution in [0.4, 0.5) is 0 Å². The lowest BCUT2D eigenvalue weighted by molar-refractivity contribution is -0.145. The van der Waals surface area contributed by atoms with Gasteiger partial charge in [0.05, 0.1) is 6.61 Å². The number of halogens is 1. The van der Waals surface area contributed by atoms with Crippen LogP contribution in [0.3, 0.4) is 0 Å². The van der Waals surface area contributed by atoms with Crippen molar-refractivity contribution in [3.63, 3.8) is 0 Å². The summed E-state index contributed by atoms with van der Waals surface area (Å²) in [6.07, 6.45) is -0.717. The van der Waals surface area contributed by atoms with E-state index in [4.69, 9.17) is 21.1 Å². The molecule has 22 heavy (non-hydrogen) atoms. The zero-order valence-electron chi connectivity index (χ0n) is 12.2. The van der Waals surface area contributed by atoms with E-state index in [1.165, 1.54) is 0 Å². The van der Waals surface area contributed by atoms with Crippen LogP contribution in [0, 0.1) is 0 Å². The molecule has 0 saturated heterocycles. The highest BCUT2D eigenvalue weighted by Gasteiger charge is 2.20. The molecular formula is C17H17ClO4. The summed E-state index contributed by atoms with van der Waals surface area (Å²) in [6.45, 7) is 2.50. The minimum atomic E-state index is -1.02. The molecule has 4 nitrogen and oxygen atoms in total. The molecule has 0 aliphatic rings. The predicted molar refractivity (Wildman–Crippen MR) is 84.8 cm³/mol. The Hall–Kier alpha value is -2.20. The lowest BCUT2D eigenvalue weighted by atomic mass is 10.1. The van der Waals surface area contributed by atoms with Crippen LogP contribution in [0.1, 0.15) is 12.5 Å². The third-order valence-electron chi connectivity index (χ3n) is 3.01. The number of benzene rings is 2. The van der Waals surface area contributed by atoms with Gasteiger partial charge in [0.1, 0.15) is 11.5 Å². The van der Waals surface area contributed by atoms with Crippen molar-refractivity contribution in [2.24, 2.45) is 0 Å². The molecular weight excluding hydrogens is 304 g/mol. The monoisotopic (exact) mass is 320 g/mol. The van der Waals surface area contributed by atoms with Crippen LogP contribution in [0.2, 0.25) is 5.02 Å². The molecule has 0 fully saturated rings. The van der Waals surface area contributed by atoms with Gasteiger partial charge < -0.3 is 14.6 Å². The van der Waals surface area contributed by atoms with Crippen LogP contribution in [-0.2, 0) is 11.2 Å². The van der Waals surface area contributed by atoms with Gasteiger partial charge in [0, 0.05) is 11.4 Å². The minimum Gasteiger partial charge on any atom is -0.494 e. The zero-order chi connectivity index (χ0) is 15.9. The predicted octanol–water partition coefficient (Wildman–Crippen LogP) is 3.81. The number of carbonyl (C=O) groups is 1. The van der Waals surface area contributed by atoms with Crippen molar-refractivity contribution in [1.29, 1.82) is 0 Å². The molecule has 0 aliphatic heterocycles. The second-order valence-corrected chi connectivity index (χ2v) is 5.12. The fourth-order valence-corrected chi connectivity index (χ4v) is 2.17. The van der Waals surface area contributed by atoms with E-state index < -0.39 is 12.1 Å². The summed E-state index contributed by atoms with van der Waals surface area (Å²) in [5, 5.41) is 9.82. The van der Waals surface area contributed by atoms with E-state index in [2.05, 4.69) is 0 Å². The highest BCUT2D eigenvalue weighted by molar-refractivity contribution is 6.30. The summed E-state index contributed by atoms with van der Waals surface area (Å²) >= 11 is 5.87. The Labute approximate surface area is 134 Å². The molecule has 0 unspecified atom stereocenters. The highest BCUT2D eigenvalue weighted by Crippen LogP contribution is 2.20. The number of hydrogen-bond donors (Lipinski definition) is 1. The maximum atomic E-state index is 11.4. The Morgan fingerprint density at radius 1 is 1.18 bits per heavy atom. The summed E-state index contributed by atoms with van der Waals surface area (Å²) in [7, 11) is 0. The van der Waals surface area contributed by atoms with Crippen molar-refractivity contribution in [2.45, 2.75) is 19.4 Å². The van der Waals surface area contributed by atoms with Gasteiger partial charge in [0.2, 0.25) is 0 Å². The number of rotatable bonds is 7. The van der Waals surface area contributed by atoms with Gasteiger partial charge >= 0.3 is 5.97 Å². The van der Waals surface area contributed by atoms with E-state index in [-0.39, 0.29) is 6.42 Å². The van der Waals surface area contributed by atoms with Gasteiger partial charge in [-0.15, -0.1) is 0 Å². The van der Waals surface area contributed by atoms with E-state index in [1.807, 2.05) is 31.2 Å². The lowest BCUT2D eigenvalue weighted by Crippen LogP contribution is -2.29. The van der Waals surface area contributed by atoms with Crippen LogP contribution in [0.5, 0.6) is 11.5 Å². The number of ether oxygens (including phenoxy) is 2. The first-order valence-corrected chi connectivity index (χ1v) is 7.33. The molecule has 1 N–H and O–H groups in total. The van der Waals surface area contributed by atoms with Crippen LogP contribution in [0.25, 0.3) is 0 Å². The van der Waals surface area contributed by atoms with Crippen molar-refractivity contribution in [3.8, 4) is 11.5 Å². The van der Waals surface area contributed by atoms with Gasteiger partial charge in [0.15, 0.2) is 6.10 Å². The van der Waals surface area contributed by atoms with Crippen LogP contribution in [-0.4, -0.2) is 23.8 Å². The number of aliphatic carboxylic acids is 1. The molecule has 0 spiro atoms. The zero-order valence-corrected chi connectivity index (χ0v) is 12.9. The summed E-state index contributed by atoms with van der Waals surface area (Å²) in [6, 6.07) is 14.0. The van der Waals surface area contributed by atoms with E-state index in [0.717, 1.165) is 11.3 Å². The van der Waals surface area contributed by atoms with E-state index in [1.54, 1.807) is 24.3 Å². The lowest BCUT2D eigenvalue weighted by Gasteiger charge is -2.15. The van der Waals surface area contributed by atoms with Crippen molar-refractivity contribution < 1.29 is 19.4 Å². The maximum absolute atomic E-state index is 11.4. The Balaban J connectivity index is 2.07. The average Bonchev–Trinajstić information content (AvgIpc) is 2.49. The summed E-state index contributed by atoms with van der Waals surface area (Å²) < 4.78 is 10.9. The number of hydrogen-bond acceptors (Lipinski definition) is 3. The van der Waals surface area contributed by atoms with Gasteiger partial charge in [-0.05, 0) is 42.8 Å². The second-order valence-electron chi connectivity index (χ2n) is 4.68. The van der Waals surface area contributed by atoms with Crippen LogP contribution < -0.4 is 9.47 Å². The molecule has 0 radical (unpaired) electrons. The summed E-state index contributed by atoms with van der Waals surface area (Å²) in [5.41, 5.74) is 0.859. The average molecular weight is 321 g/mol. The molecule has 2 aromatic rings. The van der Waals surface area contributed by atoms with E-state index in [0.29, 0.717) is 17.4 Å². The molecule has 0 bridgehead atoms. The van der Waals surface area contributed by atoms with Crippen molar-refractivity contribution >= 4 is 17.6 Å². The Morgan fingerprint density at radius 2 is 1.91 bits per heavy atom. The van der Waals surface area contributed by atoms with Gasteiger partial charge in [-0.25, -0.2) is 4.79 Å². The standard InChI is InChI=1S/C17H17ClO4/c1-2-21-14-8-6-12(7-9-14)10-16(17(19)20)22-15-5-3-4-13(18)11-15/h3-9,11,16H,2,10H2,1H3,(H,19,20)/t16-/m1/s1. The van der Waals surface area contributed by atoms with Gasteiger partial charge in [-0.3, -0.25) is 0 Å². The smallest absolute Gasteiger partial charge is 0.345 e. The normalized spacial score (nSPS) is 11.7. The Morgan fingerprint density at radius 3 is 2.50 bits per heavy atom. The molecule has 0 saturated carbocycles. The highest BCUT2D eigenvalue weighted by atomic mass is 35.5. The van der Waals surface area contributed by atoms with Gasteiger partial charge in [-0.2, -0.15) is 0 Å². The fraction of sp³-hybridized carbons (Fsp3) is 0.235. The molecule has 1 atom stereocenters. The van der Waals surface area contributed by atoms with Crippen LogP contribution >= 0.6 is 11.6 Å². The molecule has 2 aromatic carbocycles. The first-order chi connectivity index (χ1) is 10.6. The Bertz CT molecular complexity index is 625. The van der Waals surface area contributed by atoms with Crippen molar-refractivity contribution in [2.75, 3.05) is 6.61 Å². The molecule has 0 aliphatic carbocycles. The maximum Gasteiger partial charge on any atom is 0.345 e. The SMILES string of the molecule is CCOc1ccc(C[C@@H](Oc2cccc(Cl)c2)C(=O)O)cc1. The van der Waals surface area contributed by atoms with Gasteiger partial charge in [0.25, 0.3) is 0 Å². The Kier molecular flexibility index (Phi) is 5.67. The molecule has 116 valence electrons. The molecule has 0 heterocycles. The number of carboxylic acids is 1. The summed E-state index contributed by atoms with van der Waals surface area (Å²) in [4.78, 5) is 11.4. The minimum absolute atomic E-state index is 0.258. The third-order valence-corrected chi connectivity index (χ3v) is 3.24. The van der Waals surface area contributed by atoms with Crippen molar-refractivity contribution in [1.82, 2.24) is 0 Å². The van der Waals surface area contributed by atoms with Crippen molar-refractivity contribution in [3.05, 3.63) is 59.1 Å². The third kappa shape index (κ3) is 4.67. The number of carboxylic acid groups (broad SMARTS) is 1. The van der Waals surface area contributed by atoms with Crippen LogP contribution in [0.15, 0.2) is 48.5 Å². The summed E-state index contributed by atoms with van der Waals surface area (Å²) in [5.74, 6) is 0.175. The molecule has 5 heteroatoms. The van der Waals surface area contributed by atoms with E-state index in [9.17, 15) is 9.90 Å². The molecule has 0 amide bonds. The largest absolute Gasteiger partial charge is 0.494 e. The quantitative estimate of drug-likeness (QED) is 0.842. The first kappa shape index (κ1) is 16.2. The second kappa shape index (κ2) is 7.71. The first-order valence-electron chi connectivity index (χ1n) is 6.95. The fourth-order valence-electron chi connectivity index (χ4n) is 1.99. The topological polar surface area (TPSA) is 55.8 Å². The molecule has 2 rings (SSSR count). The van der Waals surface area contributed by atoms with Gasteiger partial charge in [-0.1, -0.05) is 29.8 Å². The van der Waals surface area contributed by atoms with E-state index >= 15 is 0 Å².